The number of benzene rings is 1. The first-order valence-electron chi connectivity index (χ1n) is 11.2. The lowest BCUT2D eigenvalue weighted by molar-refractivity contribution is 0.0943. The molecule has 0 unspecified atom stereocenters. The molecule has 0 radical (unpaired) electrons. The standard InChI is InChI=1S/C24H30N6O2/c1-4-29(5-2)13-12-25-23(31)20-15-27-30(21(20)16-32-3)24-26-14-18-11-10-17-8-6-7-9-19(17)22(18)28-24/h6-9,14-15H,4-5,10-13,16H2,1-3H3,(H,25,31). The molecule has 0 spiro atoms. The number of methoxy groups -OCH3 is 1. The van der Waals surface area contributed by atoms with Crippen molar-refractivity contribution in [1.29, 1.82) is 0 Å². The Bertz CT molecular complexity index is 1090. The quantitative estimate of drug-likeness (QED) is 0.557. The Morgan fingerprint density at radius 3 is 2.72 bits per heavy atom. The highest BCUT2D eigenvalue weighted by Gasteiger charge is 2.22. The third kappa shape index (κ3) is 4.42. The Hall–Kier alpha value is -3.10. The number of carbonyl (C=O) groups excluding carboxylic acids is 1. The van der Waals surface area contributed by atoms with Crippen molar-refractivity contribution >= 4 is 5.91 Å². The molecule has 1 N–H and O–H groups in total. The van der Waals surface area contributed by atoms with Crippen molar-refractivity contribution in [2.75, 3.05) is 33.3 Å². The van der Waals surface area contributed by atoms with Crippen LogP contribution >= 0.6 is 0 Å². The normalized spacial score (nSPS) is 12.5. The molecule has 1 aliphatic carbocycles. The first kappa shape index (κ1) is 22.1. The van der Waals surface area contributed by atoms with Gasteiger partial charge in [-0.1, -0.05) is 38.1 Å². The summed E-state index contributed by atoms with van der Waals surface area (Å²) in [5.41, 5.74) is 5.59. The number of hydrogen-bond donors (Lipinski definition) is 1. The van der Waals surface area contributed by atoms with E-state index >= 15 is 0 Å². The van der Waals surface area contributed by atoms with E-state index in [1.807, 2.05) is 12.3 Å². The molecule has 1 aromatic carbocycles. The van der Waals surface area contributed by atoms with Gasteiger partial charge in [-0.2, -0.15) is 9.78 Å². The number of amides is 1. The minimum Gasteiger partial charge on any atom is -0.378 e. The third-order valence-corrected chi connectivity index (χ3v) is 5.98. The van der Waals surface area contributed by atoms with Gasteiger partial charge in [0, 0.05) is 32.0 Å². The maximum atomic E-state index is 12.9. The second-order valence-electron chi connectivity index (χ2n) is 7.83. The molecular weight excluding hydrogens is 404 g/mol. The number of carbonyl (C=O) groups is 1. The molecule has 0 bridgehead atoms. The number of nitrogens with zero attached hydrogens (tertiary/aromatic N) is 5. The van der Waals surface area contributed by atoms with Crippen LogP contribution in [-0.4, -0.2) is 63.8 Å². The molecule has 4 rings (SSSR count). The fourth-order valence-electron chi connectivity index (χ4n) is 4.13. The lowest BCUT2D eigenvalue weighted by Gasteiger charge is -2.19. The minimum atomic E-state index is -0.168. The first-order valence-corrected chi connectivity index (χ1v) is 11.2. The van der Waals surface area contributed by atoms with Crippen molar-refractivity contribution in [1.82, 2.24) is 30.0 Å². The molecule has 2 heterocycles. The number of fused-ring (bicyclic) bond motifs is 3. The summed E-state index contributed by atoms with van der Waals surface area (Å²) in [5, 5.41) is 7.44. The Morgan fingerprint density at radius 1 is 1.16 bits per heavy atom. The number of hydrogen-bond acceptors (Lipinski definition) is 6. The molecule has 3 aromatic rings. The Morgan fingerprint density at radius 2 is 1.94 bits per heavy atom. The fourth-order valence-corrected chi connectivity index (χ4v) is 4.13. The summed E-state index contributed by atoms with van der Waals surface area (Å²) in [5.74, 6) is 0.272. The number of ether oxygens (including phenoxy) is 1. The van der Waals surface area contributed by atoms with Crippen molar-refractivity contribution in [2.24, 2.45) is 0 Å². The van der Waals surface area contributed by atoms with Gasteiger partial charge in [0.25, 0.3) is 11.9 Å². The van der Waals surface area contributed by atoms with Crippen LogP contribution in [0.4, 0.5) is 0 Å². The summed E-state index contributed by atoms with van der Waals surface area (Å²) in [6, 6.07) is 8.32. The third-order valence-electron chi connectivity index (χ3n) is 5.98. The Kier molecular flexibility index (Phi) is 6.92. The molecule has 2 aromatic heterocycles. The summed E-state index contributed by atoms with van der Waals surface area (Å²) in [6.45, 7) is 7.75. The maximum absolute atomic E-state index is 12.9. The van der Waals surface area contributed by atoms with E-state index in [0.717, 1.165) is 49.3 Å². The highest BCUT2D eigenvalue weighted by atomic mass is 16.5. The molecule has 0 atom stereocenters. The van der Waals surface area contributed by atoms with Gasteiger partial charge in [-0.15, -0.1) is 0 Å². The van der Waals surface area contributed by atoms with E-state index in [9.17, 15) is 4.79 Å². The topological polar surface area (TPSA) is 85.2 Å². The van der Waals surface area contributed by atoms with Gasteiger partial charge in [0.1, 0.15) is 0 Å². The summed E-state index contributed by atoms with van der Waals surface area (Å²) in [7, 11) is 1.60. The van der Waals surface area contributed by atoms with E-state index < -0.39 is 0 Å². The van der Waals surface area contributed by atoms with Crippen LogP contribution in [0.1, 0.15) is 41.0 Å². The molecule has 168 valence electrons. The number of rotatable bonds is 9. The molecule has 1 amide bonds. The van der Waals surface area contributed by atoms with Gasteiger partial charge in [-0.25, -0.2) is 9.97 Å². The van der Waals surface area contributed by atoms with Crippen LogP contribution in [0.15, 0.2) is 36.7 Å². The molecule has 8 nitrogen and oxygen atoms in total. The van der Waals surface area contributed by atoms with E-state index in [4.69, 9.17) is 9.72 Å². The smallest absolute Gasteiger partial charge is 0.254 e. The summed E-state index contributed by atoms with van der Waals surface area (Å²) in [4.78, 5) is 24.5. The average Bonchev–Trinajstić information content (AvgIpc) is 3.25. The predicted octanol–water partition coefficient (Wildman–Crippen LogP) is 2.65. The van der Waals surface area contributed by atoms with E-state index in [2.05, 4.69) is 52.3 Å². The lowest BCUT2D eigenvalue weighted by atomic mass is 9.90. The lowest BCUT2D eigenvalue weighted by Crippen LogP contribution is -2.35. The van der Waals surface area contributed by atoms with Crippen LogP contribution in [0.3, 0.4) is 0 Å². The van der Waals surface area contributed by atoms with Crippen LogP contribution in [0.25, 0.3) is 17.2 Å². The zero-order valence-corrected chi connectivity index (χ0v) is 19.0. The zero-order chi connectivity index (χ0) is 22.5. The van der Waals surface area contributed by atoms with E-state index in [1.165, 1.54) is 5.56 Å². The van der Waals surface area contributed by atoms with Crippen LogP contribution < -0.4 is 5.32 Å². The molecule has 32 heavy (non-hydrogen) atoms. The van der Waals surface area contributed by atoms with Crippen LogP contribution in [0.2, 0.25) is 0 Å². The van der Waals surface area contributed by atoms with Crippen molar-refractivity contribution in [3.8, 4) is 17.2 Å². The van der Waals surface area contributed by atoms with Gasteiger partial charge in [0.2, 0.25) is 0 Å². The number of aryl methyl sites for hydroxylation is 2. The highest BCUT2D eigenvalue weighted by molar-refractivity contribution is 5.95. The number of likely N-dealkylation sites (N-methyl/N-ethyl adjacent to an activating group) is 1. The summed E-state index contributed by atoms with van der Waals surface area (Å²) in [6.07, 6.45) is 5.34. The maximum Gasteiger partial charge on any atom is 0.254 e. The van der Waals surface area contributed by atoms with Crippen molar-refractivity contribution in [2.45, 2.75) is 33.3 Å². The van der Waals surface area contributed by atoms with Crippen LogP contribution in [0, 0.1) is 0 Å². The first-order chi connectivity index (χ1) is 15.7. The molecule has 0 saturated heterocycles. The number of nitrogens with one attached hydrogen (secondary N) is 1. The average molecular weight is 435 g/mol. The Labute approximate surface area is 188 Å². The van der Waals surface area contributed by atoms with Crippen LogP contribution in [0.5, 0.6) is 0 Å². The Balaban J connectivity index is 1.61. The molecular formula is C24H30N6O2. The monoisotopic (exact) mass is 434 g/mol. The largest absolute Gasteiger partial charge is 0.378 e. The van der Waals surface area contributed by atoms with Crippen molar-refractivity contribution < 1.29 is 9.53 Å². The zero-order valence-electron chi connectivity index (χ0n) is 19.0. The molecule has 8 heteroatoms. The predicted molar refractivity (Wildman–Crippen MR) is 123 cm³/mol. The van der Waals surface area contributed by atoms with Gasteiger partial charge in [0.05, 0.1) is 29.8 Å². The van der Waals surface area contributed by atoms with Gasteiger partial charge < -0.3 is 15.0 Å². The SMILES string of the molecule is CCN(CC)CCNC(=O)c1cnn(-c2ncc3c(n2)-c2ccccc2CC3)c1COC. The van der Waals surface area contributed by atoms with E-state index in [0.29, 0.717) is 23.8 Å². The van der Waals surface area contributed by atoms with Crippen molar-refractivity contribution in [3.63, 3.8) is 0 Å². The second-order valence-corrected chi connectivity index (χ2v) is 7.83. The van der Waals surface area contributed by atoms with Gasteiger partial charge in [-0.3, -0.25) is 4.79 Å². The number of aromatic nitrogens is 4. The molecule has 0 saturated carbocycles. The minimum absolute atomic E-state index is 0.168. The highest BCUT2D eigenvalue weighted by Crippen LogP contribution is 2.31. The van der Waals surface area contributed by atoms with Gasteiger partial charge >= 0.3 is 0 Å². The summed E-state index contributed by atoms with van der Waals surface area (Å²) < 4.78 is 6.99. The van der Waals surface area contributed by atoms with Gasteiger partial charge in [0.15, 0.2) is 0 Å². The molecule has 0 fully saturated rings. The van der Waals surface area contributed by atoms with E-state index in [1.54, 1.807) is 18.0 Å². The molecule has 1 aliphatic rings. The van der Waals surface area contributed by atoms with E-state index in [-0.39, 0.29) is 12.5 Å². The fraction of sp³-hybridized carbons (Fsp3) is 0.417. The summed E-state index contributed by atoms with van der Waals surface area (Å²) >= 11 is 0. The van der Waals surface area contributed by atoms with Crippen molar-refractivity contribution in [3.05, 3.63) is 59.0 Å². The second kappa shape index (κ2) is 10.0. The van der Waals surface area contributed by atoms with Crippen LogP contribution in [-0.2, 0) is 24.2 Å². The van der Waals surface area contributed by atoms with Gasteiger partial charge in [-0.05, 0) is 37.1 Å². The molecule has 0 aliphatic heterocycles.